The monoisotopic (exact) mass is 434 g/mol. The van der Waals surface area contributed by atoms with E-state index in [2.05, 4.69) is 28.1 Å². The number of hydrogen-bond acceptors (Lipinski definition) is 7. The summed E-state index contributed by atoms with van der Waals surface area (Å²) in [5.41, 5.74) is 0. The van der Waals surface area contributed by atoms with E-state index >= 15 is 0 Å². The summed E-state index contributed by atoms with van der Waals surface area (Å²) in [7, 11) is 1.66. The van der Waals surface area contributed by atoms with Crippen LogP contribution < -0.4 is 0 Å². The molecule has 7 heteroatoms. The number of hydrogen-bond donors (Lipinski definition) is 0. The first-order valence-corrected chi connectivity index (χ1v) is 11.6. The molecule has 7 nitrogen and oxygen atoms in total. The number of Topliss-reactive ketones (excluding diaryl/α,β-unsaturated/α-hetero) is 1. The molecule has 2 atom stereocenters. The topological polar surface area (TPSA) is 75.8 Å². The van der Waals surface area contributed by atoms with E-state index < -0.39 is 0 Å². The Morgan fingerprint density at radius 1 is 0.933 bits per heavy atom. The molecule has 0 radical (unpaired) electrons. The molecule has 2 saturated heterocycles. The van der Waals surface area contributed by atoms with Gasteiger partial charge in [0.05, 0.1) is 25.4 Å². The van der Waals surface area contributed by atoms with Crippen LogP contribution in [0.5, 0.6) is 0 Å². The lowest BCUT2D eigenvalue weighted by Gasteiger charge is -2.15. The van der Waals surface area contributed by atoms with E-state index in [1.165, 1.54) is 51.4 Å². The van der Waals surface area contributed by atoms with Gasteiger partial charge in [-0.05, 0) is 19.8 Å². The van der Waals surface area contributed by atoms with E-state index in [-0.39, 0.29) is 18.5 Å². The Labute approximate surface area is 184 Å². The van der Waals surface area contributed by atoms with Gasteiger partial charge in [0.1, 0.15) is 6.61 Å². The molecule has 30 heavy (non-hydrogen) atoms. The molecule has 2 aliphatic rings. The molecule has 2 rings (SSSR count). The van der Waals surface area contributed by atoms with Gasteiger partial charge in [-0.2, -0.15) is 0 Å². The molecule has 2 aliphatic heterocycles. The third-order valence-electron chi connectivity index (χ3n) is 4.54. The van der Waals surface area contributed by atoms with Crippen LogP contribution in [0.2, 0.25) is 0 Å². The first-order chi connectivity index (χ1) is 14.6. The Hall–Kier alpha value is -0.570. The van der Waals surface area contributed by atoms with E-state index in [9.17, 15) is 4.79 Å². The molecular formula is C23H46O7. The Morgan fingerprint density at radius 3 is 1.93 bits per heavy atom. The van der Waals surface area contributed by atoms with Crippen LogP contribution >= 0.6 is 0 Å². The van der Waals surface area contributed by atoms with Crippen molar-refractivity contribution >= 4 is 5.78 Å². The van der Waals surface area contributed by atoms with Crippen LogP contribution in [0.25, 0.3) is 0 Å². The van der Waals surface area contributed by atoms with E-state index in [0.717, 1.165) is 19.4 Å². The fourth-order valence-corrected chi connectivity index (χ4v) is 2.75. The first kappa shape index (κ1) is 29.4. The zero-order valence-electron chi connectivity index (χ0n) is 19.8. The number of rotatable bonds is 15. The molecular weight excluding hydrogens is 388 g/mol. The van der Waals surface area contributed by atoms with Gasteiger partial charge in [-0.25, -0.2) is 0 Å². The van der Waals surface area contributed by atoms with Crippen LogP contribution in [0.4, 0.5) is 0 Å². The van der Waals surface area contributed by atoms with Gasteiger partial charge >= 0.3 is 0 Å². The summed E-state index contributed by atoms with van der Waals surface area (Å²) in [6.07, 6.45) is 13.4. The molecule has 180 valence electrons. The molecule has 2 unspecified atom stereocenters. The number of ether oxygens (including phenoxy) is 6. The molecule has 2 fully saturated rings. The maximum Gasteiger partial charge on any atom is 0.155 e. The number of ketones is 1. The number of epoxide rings is 1. The standard InChI is InChI=1S/C12H24O3.C8H16O.C3H6O3/c1-4-5-6-7-8-12(10-14-3)15-9-11(2)13;1-2-3-4-5-6-8-7-9-8;1-4-2-6-3-5-1/h12H,4-10H2,1-3H3;8H,2-7H2,1H3;1-3H2. The van der Waals surface area contributed by atoms with Gasteiger partial charge in [0.15, 0.2) is 26.2 Å². The van der Waals surface area contributed by atoms with Crippen LogP contribution in [-0.4, -0.2) is 65.3 Å². The fraction of sp³-hybridized carbons (Fsp3) is 0.957. The normalized spacial score (nSPS) is 18.5. The minimum atomic E-state index is 0.0738. The van der Waals surface area contributed by atoms with Gasteiger partial charge in [0.2, 0.25) is 0 Å². The minimum Gasteiger partial charge on any atom is -0.382 e. The Bertz CT molecular complexity index is 346. The molecule has 0 N–H and O–H groups in total. The minimum absolute atomic E-state index is 0.0738. The summed E-state index contributed by atoms with van der Waals surface area (Å²) >= 11 is 0. The largest absolute Gasteiger partial charge is 0.382 e. The zero-order valence-corrected chi connectivity index (χ0v) is 19.8. The number of carbonyl (C=O) groups is 1. The zero-order chi connectivity index (χ0) is 22.3. The molecule has 0 aromatic rings. The van der Waals surface area contributed by atoms with Gasteiger partial charge < -0.3 is 28.4 Å². The van der Waals surface area contributed by atoms with Crippen molar-refractivity contribution in [1.82, 2.24) is 0 Å². The van der Waals surface area contributed by atoms with Gasteiger partial charge in [-0.1, -0.05) is 65.2 Å². The van der Waals surface area contributed by atoms with Crippen molar-refractivity contribution in [3.8, 4) is 0 Å². The second-order valence-electron chi connectivity index (χ2n) is 7.71. The van der Waals surface area contributed by atoms with Gasteiger partial charge in [0.25, 0.3) is 0 Å². The van der Waals surface area contributed by atoms with E-state index in [1.54, 1.807) is 14.0 Å². The molecule has 0 aromatic heterocycles. The second-order valence-corrected chi connectivity index (χ2v) is 7.71. The van der Waals surface area contributed by atoms with Crippen LogP contribution in [0.15, 0.2) is 0 Å². The van der Waals surface area contributed by atoms with Crippen molar-refractivity contribution in [3.05, 3.63) is 0 Å². The van der Waals surface area contributed by atoms with Crippen molar-refractivity contribution in [2.75, 3.05) is 47.3 Å². The van der Waals surface area contributed by atoms with Crippen molar-refractivity contribution in [2.45, 2.75) is 97.2 Å². The molecule has 0 aliphatic carbocycles. The van der Waals surface area contributed by atoms with E-state index in [0.29, 0.717) is 33.1 Å². The van der Waals surface area contributed by atoms with Crippen LogP contribution in [0.1, 0.15) is 85.0 Å². The van der Waals surface area contributed by atoms with E-state index in [1.807, 2.05) is 0 Å². The maximum absolute atomic E-state index is 10.8. The molecule has 0 saturated carbocycles. The highest BCUT2D eigenvalue weighted by Gasteiger charge is 2.20. The predicted octanol–water partition coefficient (Wildman–Crippen LogP) is 4.86. The number of methoxy groups -OCH3 is 1. The van der Waals surface area contributed by atoms with Gasteiger partial charge in [-0.15, -0.1) is 0 Å². The number of unbranched alkanes of at least 4 members (excludes halogenated alkanes) is 6. The lowest BCUT2D eigenvalue weighted by Crippen LogP contribution is -2.22. The average Bonchev–Trinajstić information content (AvgIpc) is 3.59. The maximum atomic E-state index is 10.8. The van der Waals surface area contributed by atoms with Crippen LogP contribution in [-0.2, 0) is 33.2 Å². The van der Waals surface area contributed by atoms with Crippen molar-refractivity contribution < 1.29 is 33.2 Å². The molecule has 0 spiro atoms. The lowest BCUT2D eigenvalue weighted by molar-refractivity contribution is -0.247. The van der Waals surface area contributed by atoms with E-state index in [4.69, 9.17) is 14.2 Å². The predicted molar refractivity (Wildman–Crippen MR) is 117 cm³/mol. The van der Waals surface area contributed by atoms with Crippen LogP contribution in [0, 0.1) is 0 Å². The van der Waals surface area contributed by atoms with Crippen molar-refractivity contribution in [2.24, 2.45) is 0 Å². The third kappa shape index (κ3) is 23.7. The highest BCUT2D eigenvalue weighted by atomic mass is 16.8. The highest BCUT2D eigenvalue weighted by Crippen LogP contribution is 2.17. The van der Waals surface area contributed by atoms with Crippen molar-refractivity contribution in [3.63, 3.8) is 0 Å². The average molecular weight is 435 g/mol. The molecule has 2 heterocycles. The first-order valence-electron chi connectivity index (χ1n) is 11.6. The van der Waals surface area contributed by atoms with Crippen molar-refractivity contribution in [1.29, 1.82) is 0 Å². The summed E-state index contributed by atoms with van der Waals surface area (Å²) < 4.78 is 29.5. The quantitative estimate of drug-likeness (QED) is 0.269. The lowest BCUT2D eigenvalue weighted by atomic mass is 10.1. The molecule has 0 bridgehead atoms. The Balaban J connectivity index is 0.000000467. The molecule has 0 amide bonds. The molecule has 0 aromatic carbocycles. The summed E-state index contributed by atoms with van der Waals surface area (Å²) in [6, 6.07) is 0. The van der Waals surface area contributed by atoms with Gasteiger partial charge in [-0.3, -0.25) is 4.79 Å². The smallest absolute Gasteiger partial charge is 0.155 e. The number of carbonyl (C=O) groups excluding carboxylic acids is 1. The summed E-state index contributed by atoms with van der Waals surface area (Å²) in [4.78, 5) is 10.8. The third-order valence-corrected chi connectivity index (χ3v) is 4.54. The Morgan fingerprint density at radius 2 is 1.50 bits per heavy atom. The second kappa shape index (κ2) is 23.1. The Kier molecular flexibility index (Phi) is 22.7. The summed E-state index contributed by atoms with van der Waals surface area (Å²) in [5, 5.41) is 0. The summed E-state index contributed by atoms with van der Waals surface area (Å²) in [5.74, 6) is 0.0738. The van der Waals surface area contributed by atoms with Crippen LogP contribution in [0.3, 0.4) is 0 Å². The SMILES string of the molecule is C1OCOCO1.CCCCCCC(COC)OCC(C)=O.CCCCCCC1CO1. The van der Waals surface area contributed by atoms with Gasteiger partial charge in [0, 0.05) is 7.11 Å². The highest BCUT2D eigenvalue weighted by molar-refractivity contribution is 5.76. The summed E-state index contributed by atoms with van der Waals surface area (Å²) in [6.45, 7) is 8.93. The fourth-order valence-electron chi connectivity index (χ4n) is 2.75.